The molecule has 0 aliphatic carbocycles. The lowest BCUT2D eigenvalue weighted by Gasteiger charge is -2.25. The van der Waals surface area contributed by atoms with Gasteiger partial charge in [0.1, 0.15) is 28.6 Å². The second-order valence-electron chi connectivity index (χ2n) is 5.44. The van der Waals surface area contributed by atoms with E-state index in [9.17, 15) is 9.90 Å². The maximum Gasteiger partial charge on any atom is 0.177 e. The zero-order chi connectivity index (χ0) is 16.4. The molecule has 0 saturated heterocycles. The number of methoxy groups -OCH3 is 2. The molecule has 0 aromatic heterocycles. The molecule has 1 aliphatic heterocycles. The Morgan fingerprint density at radius 2 is 1.83 bits per heavy atom. The van der Waals surface area contributed by atoms with E-state index in [0.717, 1.165) is 11.3 Å². The molecule has 0 saturated carbocycles. The van der Waals surface area contributed by atoms with Crippen molar-refractivity contribution in [2.75, 3.05) is 20.8 Å². The van der Waals surface area contributed by atoms with E-state index >= 15 is 0 Å². The lowest BCUT2D eigenvalue weighted by molar-refractivity contribution is 0.0826. The van der Waals surface area contributed by atoms with Crippen LogP contribution in [0.1, 0.15) is 15.9 Å². The van der Waals surface area contributed by atoms with E-state index in [2.05, 4.69) is 0 Å². The Kier molecular flexibility index (Phi) is 4.10. The molecule has 2 aromatic rings. The monoisotopic (exact) mass is 314 g/mol. The van der Waals surface area contributed by atoms with Gasteiger partial charge in [0.25, 0.3) is 0 Å². The van der Waals surface area contributed by atoms with Crippen LogP contribution in [0.15, 0.2) is 36.4 Å². The number of phenolic OH excluding ortho intramolecular Hbond substituents is 1. The van der Waals surface area contributed by atoms with Gasteiger partial charge in [-0.15, -0.1) is 0 Å². The second-order valence-corrected chi connectivity index (χ2v) is 5.44. The summed E-state index contributed by atoms with van der Waals surface area (Å²) in [5.41, 5.74) is 1.25. The van der Waals surface area contributed by atoms with Crippen molar-refractivity contribution in [3.05, 3.63) is 47.5 Å². The number of carbonyl (C=O) groups excluding carboxylic acids is 1. The topological polar surface area (TPSA) is 65.0 Å². The highest BCUT2D eigenvalue weighted by molar-refractivity contribution is 6.04. The minimum atomic E-state index is -0.324. The number of ketones is 1. The van der Waals surface area contributed by atoms with Gasteiger partial charge in [-0.3, -0.25) is 4.79 Å². The van der Waals surface area contributed by atoms with E-state index in [-0.39, 0.29) is 29.6 Å². The van der Waals surface area contributed by atoms with Gasteiger partial charge in [-0.05, 0) is 24.1 Å². The van der Waals surface area contributed by atoms with Crippen LogP contribution in [0.2, 0.25) is 0 Å². The molecule has 2 aromatic carbocycles. The fraction of sp³-hybridized carbons (Fsp3) is 0.278. The Morgan fingerprint density at radius 1 is 1.13 bits per heavy atom. The molecule has 0 bridgehead atoms. The fourth-order valence-electron chi connectivity index (χ4n) is 2.72. The first-order valence-corrected chi connectivity index (χ1v) is 7.33. The van der Waals surface area contributed by atoms with Crippen LogP contribution in [0.5, 0.6) is 23.0 Å². The minimum Gasteiger partial charge on any atom is -0.507 e. The predicted octanol–water partition coefficient (Wildman–Crippen LogP) is 2.84. The maximum absolute atomic E-state index is 12.7. The lowest BCUT2D eigenvalue weighted by Crippen LogP contribution is -2.29. The quantitative estimate of drug-likeness (QED) is 0.940. The number of carbonyl (C=O) groups is 1. The lowest BCUT2D eigenvalue weighted by atomic mass is 9.89. The van der Waals surface area contributed by atoms with E-state index in [1.54, 1.807) is 13.2 Å². The Bertz CT molecular complexity index is 721. The molecule has 1 aliphatic rings. The molecule has 0 fully saturated rings. The van der Waals surface area contributed by atoms with Gasteiger partial charge in [0.15, 0.2) is 5.78 Å². The average Bonchev–Trinajstić information content (AvgIpc) is 2.57. The van der Waals surface area contributed by atoms with Crippen LogP contribution in [-0.2, 0) is 6.42 Å². The summed E-state index contributed by atoms with van der Waals surface area (Å²) in [6, 6.07) is 10.6. The minimum absolute atomic E-state index is 0.108. The van der Waals surface area contributed by atoms with Gasteiger partial charge in [0.2, 0.25) is 0 Å². The van der Waals surface area contributed by atoms with Gasteiger partial charge < -0.3 is 19.3 Å². The summed E-state index contributed by atoms with van der Waals surface area (Å²) in [5.74, 6) is 1.07. The number of rotatable bonds is 4. The third kappa shape index (κ3) is 2.95. The summed E-state index contributed by atoms with van der Waals surface area (Å²) >= 11 is 0. The third-order valence-corrected chi connectivity index (χ3v) is 3.99. The van der Waals surface area contributed by atoms with Crippen molar-refractivity contribution in [3.8, 4) is 23.0 Å². The van der Waals surface area contributed by atoms with Gasteiger partial charge in [0.05, 0.1) is 26.7 Å². The van der Waals surface area contributed by atoms with Crippen LogP contribution < -0.4 is 14.2 Å². The second kappa shape index (κ2) is 6.20. The fourth-order valence-corrected chi connectivity index (χ4v) is 2.72. The molecule has 5 heteroatoms. The third-order valence-electron chi connectivity index (χ3n) is 3.99. The summed E-state index contributed by atoms with van der Waals surface area (Å²) in [6.07, 6.45) is 0.549. The van der Waals surface area contributed by atoms with E-state index in [1.165, 1.54) is 13.2 Å². The molecular formula is C18H18O5. The van der Waals surface area contributed by atoms with Gasteiger partial charge >= 0.3 is 0 Å². The summed E-state index contributed by atoms with van der Waals surface area (Å²) < 4.78 is 15.9. The van der Waals surface area contributed by atoms with Crippen LogP contribution in [0.3, 0.4) is 0 Å². The molecule has 23 heavy (non-hydrogen) atoms. The molecule has 1 heterocycles. The highest BCUT2D eigenvalue weighted by Crippen LogP contribution is 2.38. The van der Waals surface area contributed by atoms with Crippen LogP contribution in [0, 0.1) is 5.92 Å². The number of hydrogen-bond acceptors (Lipinski definition) is 5. The van der Waals surface area contributed by atoms with Crippen molar-refractivity contribution >= 4 is 5.78 Å². The summed E-state index contributed by atoms with van der Waals surface area (Å²) in [7, 11) is 3.11. The van der Waals surface area contributed by atoms with Crippen LogP contribution in [0.4, 0.5) is 0 Å². The van der Waals surface area contributed by atoms with Crippen molar-refractivity contribution < 1.29 is 24.1 Å². The number of phenols is 1. The Hall–Kier alpha value is -2.69. The van der Waals surface area contributed by atoms with E-state index in [4.69, 9.17) is 14.2 Å². The first-order chi connectivity index (χ1) is 11.1. The number of ether oxygens (including phenoxy) is 3. The smallest absolute Gasteiger partial charge is 0.177 e. The van der Waals surface area contributed by atoms with Crippen LogP contribution in [0.25, 0.3) is 0 Å². The number of fused-ring (bicyclic) bond motifs is 1. The zero-order valence-electron chi connectivity index (χ0n) is 13.0. The largest absolute Gasteiger partial charge is 0.507 e. The molecule has 120 valence electrons. The molecule has 1 atom stereocenters. The van der Waals surface area contributed by atoms with Crippen LogP contribution >= 0.6 is 0 Å². The summed E-state index contributed by atoms with van der Waals surface area (Å²) in [4.78, 5) is 12.7. The van der Waals surface area contributed by atoms with E-state index in [1.807, 2.05) is 24.3 Å². The molecule has 0 unspecified atom stereocenters. The molecule has 0 radical (unpaired) electrons. The van der Waals surface area contributed by atoms with Crippen molar-refractivity contribution in [3.63, 3.8) is 0 Å². The predicted molar refractivity (Wildman–Crippen MR) is 84.7 cm³/mol. The van der Waals surface area contributed by atoms with Crippen molar-refractivity contribution in [1.82, 2.24) is 0 Å². The SMILES string of the molecule is COc1ccc(C[C@H]2COc3cc(OC)cc(O)c3C2=O)cc1. The average molecular weight is 314 g/mol. The normalized spacial score (nSPS) is 16.4. The van der Waals surface area contributed by atoms with Gasteiger partial charge in [-0.2, -0.15) is 0 Å². The molecule has 0 spiro atoms. The van der Waals surface area contributed by atoms with Crippen molar-refractivity contribution in [1.29, 1.82) is 0 Å². The first kappa shape index (κ1) is 15.2. The molecule has 0 amide bonds. The number of aromatic hydroxyl groups is 1. The Balaban J connectivity index is 1.83. The number of benzene rings is 2. The Morgan fingerprint density at radius 3 is 2.48 bits per heavy atom. The summed E-state index contributed by atoms with van der Waals surface area (Å²) in [6.45, 7) is 0.282. The van der Waals surface area contributed by atoms with Gasteiger partial charge in [0, 0.05) is 12.1 Å². The Labute approximate surface area is 134 Å². The molecule has 3 rings (SSSR count). The maximum atomic E-state index is 12.7. The summed E-state index contributed by atoms with van der Waals surface area (Å²) in [5, 5.41) is 10.1. The highest BCUT2D eigenvalue weighted by atomic mass is 16.5. The molecule has 5 nitrogen and oxygen atoms in total. The van der Waals surface area contributed by atoms with Gasteiger partial charge in [-0.1, -0.05) is 12.1 Å². The van der Waals surface area contributed by atoms with Gasteiger partial charge in [-0.25, -0.2) is 0 Å². The highest BCUT2D eigenvalue weighted by Gasteiger charge is 2.32. The first-order valence-electron chi connectivity index (χ1n) is 7.33. The van der Waals surface area contributed by atoms with Crippen LogP contribution in [-0.4, -0.2) is 31.7 Å². The molecular weight excluding hydrogens is 296 g/mol. The number of hydrogen-bond donors (Lipinski definition) is 1. The standard InChI is InChI=1S/C18H18O5/c1-21-13-5-3-11(4-6-13)7-12-10-23-16-9-14(22-2)8-15(19)17(16)18(12)20/h3-6,8-9,12,19H,7,10H2,1-2H3/t12-/m0/s1. The molecule has 1 N–H and O–H groups in total. The van der Waals surface area contributed by atoms with E-state index < -0.39 is 0 Å². The van der Waals surface area contributed by atoms with Crippen molar-refractivity contribution in [2.45, 2.75) is 6.42 Å². The van der Waals surface area contributed by atoms with E-state index in [0.29, 0.717) is 17.9 Å². The zero-order valence-corrected chi connectivity index (χ0v) is 13.0. The van der Waals surface area contributed by atoms with Crippen molar-refractivity contribution in [2.24, 2.45) is 5.92 Å². The number of Topliss-reactive ketones (excluding diaryl/α,β-unsaturated/α-hetero) is 1.